The third-order valence-corrected chi connectivity index (χ3v) is 4.85. The molecule has 7 heteroatoms. The van der Waals surface area contributed by atoms with Gasteiger partial charge in [0.05, 0.1) is 0 Å². The van der Waals surface area contributed by atoms with Crippen LogP contribution in [-0.2, 0) is 4.79 Å². The third-order valence-electron chi connectivity index (χ3n) is 4.85. The van der Waals surface area contributed by atoms with Crippen molar-refractivity contribution in [2.24, 2.45) is 11.7 Å². The van der Waals surface area contributed by atoms with Gasteiger partial charge >= 0.3 is 0 Å². The van der Waals surface area contributed by atoms with Gasteiger partial charge in [0.2, 0.25) is 5.91 Å². The monoisotopic (exact) mass is 404 g/mol. The number of carbonyl (C=O) groups excluding carboxylic acids is 1. The molecule has 0 radical (unpaired) electrons. The molecule has 1 unspecified atom stereocenters. The molecule has 1 heterocycles. The van der Waals surface area contributed by atoms with Crippen LogP contribution < -0.4 is 11.1 Å². The second-order valence-electron chi connectivity index (χ2n) is 7.22. The number of aryl methyl sites for hydroxylation is 1. The van der Waals surface area contributed by atoms with Gasteiger partial charge in [-0.05, 0) is 58.4 Å². The molecule has 3 N–H and O–H groups in total. The molecule has 1 aliphatic heterocycles. The van der Waals surface area contributed by atoms with Crippen LogP contribution in [0.4, 0.5) is 0 Å². The Morgan fingerprint density at radius 3 is 2.35 bits per heavy atom. The highest BCUT2D eigenvalue weighted by molar-refractivity contribution is 5.85. The van der Waals surface area contributed by atoms with Crippen molar-refractivity contribution in [3.8, 4) is 0 Å². The third kappa shape index (κ3) is 8.23. The first-order valence-electron chi connectivity index (χ1n) is 8.92. The fourth-order valence-electron chi connectivity index (χ4n) is 3.04. The summed E-state index contributed by atoms with van der Waals surface area (Å²) in [6.45, 7) is 7.24. The van der Waals surface area contributed by atoms with E-state index in [4.69, 9.17) is 5.73 Å². The summed E-state index contributed by atoms with van der Waals surface area (Å²) in [6, 6.07) is 7.27. The van der Waals surface area contributed by atoms with Crippen molar-refractivity contribution in [2.75, 3.05) is 46.8 Å². The molecule has 1 aromatic rings. The maximum Gasteiger partial charge on any atom is 0.241 e. The zero-order valence-electron chi connectivity index (χ0n) is 16.1. The van der Waals surface area contributed by atoms with E-state index < -0.39 is 6.04 Å². The van der Waals surface area contributed by atoms with E-state index in [9.17, 15) is 4.79 Å². The Morgan fingerprint density at radius 2 is 1.81 bits per heavy atom. The van der Waals surface area contributed by atoms with Gasteiger partial charge in [-0.15, -0.1) is 24.8 Å². The standard InChI is InChI=1S/C19H32N4O.2ClH/c1-15-4-6-17(7-5-15)18(20)19(24)21-14-16-8-10-23(11-9-16)13-12-22(2)3;;/h4-7,16,18H,8-14,20H2,1-3H3,(H,21,24);2*1H. The van der Waals surface area contributed by atoms with Gasteiger partial charge in [0.15, 0.2) is 0 Å². The minimum absolute atomic E-state index is 0. The molecule has 1 fully saturated rings. The number of nitrogens with zero attached hydrogens (tertiary/aromatic N) is 2. The molecule has 1 amide bonds. The number of piperidine rings is 1. The van der Waals surface area contributed by atoms with Gasteiger partial charge < -0.3 is 20.9 Å². The number of rotatable bonds is 7. The Morgan fingerprint density at radius 1 is 1.23 bits per heavy atom. The molecule has 5 nitrogen and oxygen atoms in total. The topological polar surface area (TPSA) is 61.6 Å². The predicted molar refractivity (Wildman–Crippen MR) is 113 cm³/mol. The molecule has 1 aromatic carbocycles. The smallest absolute Gasteiger partial charge is 0.241 e. The molecule has 0 aromatic heterocycles. The molecule has 26 heavy (non-hydrogen) atoms. The number of likely N-dealkylation sites (tertiary alicyclic amines) is 1. The Balaban J connectivity index is 0.00000312. The summed E-state index contributed by atoms with van der Waals surface area (Å²) >= 11 is 0. The highest BCUT2D eigenvalue weighted by Crippen LogP contribution is 2.17. The van der Waals surface area contributed by atoms with E-state index in [1.165, 1.54) is 5.56 Å². The zero-order chi connectivity index (χ0) is 17.5. The summed E-state index contributed by atoms with van der Waals surface area (Å²) in [7, 11) is 4.22. The predicted octanol–water partition coefficient (Wildman–Crippen LogP) is 2.23. The van der Waals surface area contributed by atoms with Crippen LogP contribution in [0.2, 0.25) is 0 Å². The molecular formula is C19H34Cl2N4O. The first-order valence-corrected chi connectivity index (χ1v) is 8.92. The van der Waals surface area contributed by atoms with Crippen LogP contribution in [0.15, 0.2) is 24.3 Å². The van der Waals surface area contributed by atoms with E-state index >= 15 is 0 Å². The van der Waals surface area contributed by atoms with Crippen LogP contribution in [0.1, 0.15) is 30.0 Å². The second kappa shape index (κ2) is 12.5. The summed E-state index contributed by atoms with van der Waals surface area (Å²) in [5.74, 6) is 0.490. The fraction of sp³-hybridized carbons (Fsp3) is 0.632. The minimum atomic E-state index is -0.578. The number of nitrogens with one attached hydrogen (secondary N) is 1. The van der Waals surface area contributed by atoms with Gasteiger partial charge in [0, 0.05) is 19.6 Å². The van der Waals surface area contributed by atoms with Crippen molar-refractivity contribution < 1.29 is 4.79 Å². The normalized spacial score (nSPS) is 16.5. The van der Waals surface area contributed by atoms with Crippen LogP contribution in [0.25, 0.3) is 0 Å². The SMILES string of the molecule is Cc1ccc(C(N)C(=O)NCC2CCN(CCN(C)C)CC2)cc1.Cl.Cl. The Labute approximate surface area is 170 Å². The van der Waals surface area contributed by atoms with Crippen molar-refractivity contribution >= 4 is 30.7 Å². The van der Waals surface area contributed by atoms with Crippen LogP contribution >= 0.6 is 24.8 Å². The van der Waals surface area contributed by atoms with Crippen LogP contribution in [0.3, 0.4) is 0 Å². The largest absolute Gasteiger partial charge is 0.354 e. The van der Waals surface area contributed by atoms with Gasteiger partial charge in [0.1, 0.15) is 6.04 Å². The number of nitrogens with two attached hydrogens (primary N) is 1. The van der Waals surface area contributed by atoms with E-state index in [-0.39, 0.29) is 30.7 Å². The molecule has 1 saturated heterocycles. The van der Waals surface area contributed by atoms with Crippen molar-refractivity contribution in [1.29, 1.82) is 0 Å². The minimum Gasteiger partial charge on any atom is -0.354 e. The highest BCUT2D eigenvalue weighted by atomic mass is 35.5. The van der Waals surface area contributed by atoms with Crippen molar-refractivity contribution in [2.45, 2.75) is 25.8 Å². The zero-order valence-corrected chi connectivity index (χ0v) is 17.7. The van der Waals surface area contributed by atoms with Crippen molar-refractivity contribution in [3.05, 3.63) is 35.4 Å². The molecule has 0 bridgehead atoms. The molecule has 0 spiro atoms. The van der Waals surface area contributed by atoms with Gasteiger partial charge in [-0.1, -0.05) is 29.8 Å². The number of hydrogen-bond acceptors (Lipinski definition) is 4. The number of carbonyl (C=O) groups is 1. The fourth-order valence-corrected chi connectivity index (χ4v) is 3.04. The lowest BCUT2D eigenvalue weighted by Crippen LogP contribution is -2.42. The van der Waals surface area contributed by atoms with Gasteiger partial charge in [-0.3, -0.25) is 4.79 Å². The summed E-state index contributed by atoms with van der Waals surface area (Å²) in [4.78, 5) is 17.0. The highest BCUT2D eigenvalue weighted by Gasteiger charge is 2.21. The van der Waals surface area contributed by atoms with Gasteiger partial charge in [-0.25, -0.2) is 0 Å². The maximum absolute atomic E-state index is 12.3. The first-order chi connectivity index (χ1) is 11.5. The van der Waals surface area contributed by atoms with E-state index in [2.05, 4.69) is 29.2 Å². The average molecular weight is 405 g/mol. The maximum atomic E-state index is 12.3. The molecule has 2 rings (SSSR count). The Hall–Kier alpha value is -0.850. The quantitative estimate of drug-likeness (QED) is 0.731. The lowest BCUT2D eigenvalue weighted by Gasteiger charge is -2.32. The molecule has 1 atom stereocenters. The van der Waals surface area contributed by atoms with E-state index in [1.54, 1.807) is 0 Å². The van der Waals surface area contributed by atoms with Gasteiger partial charge in [-0.2, -0.15) is 0 Å². The number of likely N-dealkylation sites (N-methyl/N-ethyl adjacent to an activating group) is 1. The van der Waals surface area contributed by atoms with E-state index in [1.807, 2.05) is 31.2 Å². The van der Waals surface area contributed by atoms with Crippen LogP contribution in [0, 0.1) is 12.8 Å². The number of benzene rings is 1. The van der Waals surface area contributed by atoms with Crippen molar-refractivity contribution in [1.82, 2.24) is 15.1 Å². The average Bonchev–Trinajstić information content (AvgIpc) is 2.58. The summed E-state index contributed by atoms with van der Waals surface area (Å²) < 4.78 is 0. The van der Waals surface area contributed by atoms with E-state index in [0.717, 1.165) is 51.1 Å². The molecule has 0 aliphatic carbocycles. The summed E-state index contributed by atoms with van der Waals surface area (Å²) in [6.07, 6.45) is 2.29. The molecule has 150 valence electrons. The second-order valence-corrected chi connectivity index (χ2v) is 7.22. The lowest BCUT2D eigenvalue weighted by atomic mass is 9.96. The number of hydrogen-bond donors (Lipinski definition) is 2. The Kier molecular flexibility index (Phi) is 12.1. The lowest BCUT2D eigenvalue weighted by molar-refractivity contribution is -0.122. The Bertz CT molecular complexity index is 517. The number of amides is 1. The van der Waals surface area contributed by atoms with Crippen LogP contribution in [-0.4, -0.2) is 62.5 Å². The molecule has 0 saturated carbocycles. The van der Waals surface area contributed by atoms with Crippen molar-refractivity contribution in [3.63, 3.8) is 0 Å². The molecular weight excluding hydrogens is 371 g/mol. The summed E-state index contributed by atoms with van der Waals surface area (Å²) in [5, 5.41) is 3.04. The molecule has 1 aliphatic rings. The first kappa shape index (κ1) is 25.1. The van der Waals surface area contributed by atoms with Gasteiger partial charge in [0.25, 0.3) is 0 Å². The van der Waals surface area contributed by atoms with Crippen LogP contribution in [0.5, 0.6) is 0 Å². The summed E-state index contributed by atoms with van der Waals surface area (Å²) in [5.41, 5.74) is 8.11. The van der Waals surface area contributed by atoms with E-state index in [0.29, 0.717) is 5.92 Å². The number of halogens is 2.